The highest BCUT2D eigenvalue weighted by Crippen LogP contribution is 2.22. The van der Waals surface area contributed by atoms with E-state index >= 15 is 0 Å². The van der Waals surface area contributed by atoms with E-state index in [1.165, 1.54) is 0 Å². The van der Waals surface area contributed by atoms with Gasteiger partial charge in [-0.1, -0.05) is 17.7 Å². The Morgan fingerprint density at radius 1 is 1.38 bits per heavy atom. The summed E-state index contributed by atoms with van der Waals surface area (Å²) in [5.74, 6) is 1.76. The second-order valence-corrected chi connectivity index (χ2v) is 7.73. The predicted molar refractivity (Wildman–Crippen MR) is 115 cm³/mol. The number of anilines is 1. The molecule has 0 radical (unpaired) electrons. The number of rotatable bonds is 8. The van der Waals surface area contributed by atoms with Crippen LogP contribution in [0, 0.1) is 6.92 Å². The molecule has 0 spiro atoms. The van der Waals surface area contributed by atoms with E-state index in [2.05, 4.69) is 22.1 Å². The number of carbonyl (C=O) groups excluding carboxylic acids is 1. The molecule has 2 heterocycles. The third-order valence-electron chi connectivity index (χ3n) is 4.81. The van der Waals surface area contributed by atoms with Crippen molar-refractivity contribution in [1.82, 2.24) is 10.3 Å². The monoisotopic (exact) mass is 417 g/mol. The third kappa shape index (κ3) is 6.61. The van der Waals surface area contributed by atoms with Crippen molar-refractivity contribution in [2.75, 3.05) is 31.2 Å². The number of nitrogens with one attached hydrogen (secondary N) is 1. The average Bonchev–Trinajstić information content (AvgIpc) is 2.71. The molecule has 1 saturated heterocycles. The van der Waals surface area contributed by atoms with Crippen LogP contribution in [0.5, 0.6) is 5.75 Å². The van der Waals surface area contributed by atoms with E-state index in [0.717, 1.165) is 42.4 Å². The maximum absolute atomic E-state index is 12.1. The number of hydrogen-bond donors (Lipinski definition) is 1. The summed E-state index contributed by atoms with van der Waals surface area (Å²) in [6.07, 6.45) is 3.11. The lowest BCUT2D eigenvalue weighted by molar-refractivity contribution is -0.121. The molecule has 156 valence electrons. The van der Waals surface area contributed by atoms with Crippen molar-refractivity contribution in [3.8, 4) is 5.75 Å². The molecule has 1 atom stereocenters. The number of nitrogens with zero attached hydrogens (tertiary/aromatic N) is 2. The topological polar surface area (TPSA) is 63.7 Å². The van der Waals surface area contributed by atoms with Gasteiger partial charge in [-0.2, -0.15) is 0 Å². The number of halogens is 1. The zero-order valence-corrected chi connectivity index (χ0v) is 17.7. The van der Waals surface area contributed by atoms with Gasteiger partial charge in [0, 0.05) is 37.3 Å². The lowest BCUT2D eigenvalue weighted by atomic mass is 10.2. The zero-order valence-electron chi connectivity index (χ0n) is 17.0. The number of aryl methyl sites for hydroxylation is 1. The van der Waals surface area contributed by atoms with Crippen molar-refractivity contribution in [2.45, 2.75) is 39.3 Å². The standard InChI is InChI=1S/C22H28ClN3O3/c1-16-12-19(23)6-7-20(16)29-10-3-4-22(27)25-14-18-5-8-21(24-13-18)26-9-11-28-17(2)15-26/h5-8,12-13,17H,3-4,9-11,14-15H2,1-2H3,(H,25,27)/t17-/m0/s1. The highest BCUT2D eigenvalue weighted by atomic mass is 35.5. The molecule has 1 aromatic carbocycles. The summed E-state index contributed by atoms with van der Waals surface area (Å²) in [4.78, 5) is 18.8. The van der Waals surface area contributed by atoms with Crippen LogP contribution in [0.4, 0.5) is 5.82 Å². The van der Waals surface area contributed by atoms with Gasteiger partial charge in [0.1, 0.15) is 11.6 Å². The first-order valence-electron chi connectivity index (χ1n) is 9.98. The van der Waals surface area contributed by atoms with Crippen molar-refractivity contribution in [3.05, 3.63) is 52.7 Å². The van der Waals surface area contributed by atoms with Crippen molar-refractivity contribution in [1.29, 1.82) is 0 Å². The molecule has 0 bridgehead atoms. The minimum atomic E-state index is 0.00695. The van der Waals surface area contributed by atoms with Crippen molar-refractivity contribution in [2.24, 2.45) is 0 Å². The molecular formula is C22H28ClN3O3. The molecule has 3 rings (SSSR count). The van der Waals surface area contributed by atoms with Gasteiger partial charge >= 0.3 is 0 Å². The van der Waals surface area contributed by atoms with Gasteiger partial charge in [0.2, 0.25) is 5.91 Å². The molecule has 1 amide bonds. The molecular weight excluding hydrogens is 390 g/mol. The van der Waals surface area contributed by atoms with Crippen LogP contribution < -0.4 is 15.0 Å². The quantitative estimate of drug-likeness (QED) is 0.663. The molecule has 1 aliphatic rings. The predicted octanol–water partition coefficient (Wildman–Crippen LogP) is 3.74. The summed E-state index contributed by atoms with van der Waals surface area (Å²) >= 11 is 5.94. The van der Waals surface area contributed by atoms with Crippen LogP contribution in [0.2, 0.25) is 5.02 Å². The van der Waals surface area contributed by atoms with Crippen LogP contribution in [-0.4, -0.2) is 43.3 Å². The number of carbonyl (C=O) groups is 1. The normalized spacial score (nSPS) is 16.5. The summed E-state index contributed by atoms with van der Waals surface area (Å²) < 4.78 is 11.3. The Labute approximate surface area is 177 Å². The number of ether oxygens (including phenoxy) is 2. The van der Waals surface area contributed by atoms with Crippen LogP contribution >= 0.6 is 11.6 Å². The van der Waals surface area contributed by atoms with Gasteiger partial charge in [-0.25, -0.2) is 4.98 Å². The smallest absolute Gasteiger partial charge is 0.220 e. The third-order valence-corrected chi connectivity index (χ3v) is 5.04. The number of morpholine rings is 1. The summed E-state index contributed by atoms with van der Waals surface area (Å²) in [6, 6.07) is 9.53. The number of hydrogen-bond acceptors (Lipinski definition) is 5. The van der Waals surface area contributed by atoms with Gasteiger partial charge in [0.15, 0.2) is 0 Å². The molecule has 2 aromatic rings. The first-order chi connectivity index (χ1) is 14.0. The van der Waals surface area contributed by atoms with Gasteiger partial charge < -0.3 is 19.7 Å². The zero-order chi connectivity index (χ0) is 20.6. The lowest BCUT2D eigenvalue weighted by Crippen LogP contribution is -2.41. The average molecular weight is 418 g/mol. The second-order valence-electron chi connectivity index (χ2n) is 7.29. The van der Waals surface area contributed by atoms with Crippen LogP contribution in [0.1, 0.15) is 30.9 Å². The van der Waals surface area contributed by atoms with E-state index in [0.29, 0.717) is 31.0 Å². The molecule has 1 aliphatic heterocycles. The number of benzene rings is 1. The van der Waals surface area contributed by atoms with Gasteiger partial charge in [0.05, 0.1) is 19.3 Å². The molecule has 0 saturated carbocycles. The summed E-state index contributed by atoms with van der Waals surface area (Å²) in [7, 11) is 0. The minimum absolute atomic E-state index is 0.00695. The van der Waals surface area contributed by atoms with Gasteiger partial charge in [0.25, 0.3) is 0 Å². The molecule has 0 aliphatic carbocycles. The SMILES string of the molecule is Cc1cc(Cl)ccc1OCCCC(=O)NCc1ccc(N2CCO[C@@H](C)C2)nc1. The summed E-state index contributed by atoms with van der Waals surface area (Å²) in [5, 5.41) is 3.63. The van der Waals surface area contributed by atoms with Crippen molar-refractivity contribution < 1.29 is 14.3 Å². The summed E-state index contributed by atoms with van der Waals surface area (Å²) in [6.45, 7) is 7.41. The Hall–Kier alpha value is -2.31. The summed E-state index contributed by atoms with van der Waals surface area (Å²) in [5.41, 5.74) is 1.97. The molecule has 7 heteroatoms. The van der Waals surface area contributed by atoms with E-state index in [1.54, 1.807) is 6.07 Å². The molecule has 29 heavy (non-hydrogen) atoms. The molecule has 6 nitrogen and oxygen atoms in total. The highest BCUT2D eigenvalue weighted by molar-refractivity contribution is 6.30. The molecule has 1 aromatic heterocycles. The van der Waals surface area contributed by atoms with E-state index in [1.807, 2.05) is 37.4 Å². The van der Waals surface area contributed by atoms with E-state index in [4.69, 9.17) is 21.1 Å². The first-order valence-corrected chi connectivity index (χ1v) is 10.4. The fourth-order valence-electron chi connectivity index (χ4n) is 3.21. The van der Waals surface area contributed by atoms with Crippen molar-refractivity contribution in [3.63, 3.8) is 0 Å². The second kappa shape index (κ2) is 10.5. The van der Waals surface area contributed by atoms with Crippen LogP contribution in [0.15, 0.2) is 36.5 Å². The first kappa shape index (κ1) is 21.4. The minimum Gasteiger partial charge on any atom is -0.493 e. The van der Waals surface area contributed by atoms with Gasteiger partial charge in [-0.15, -0.1) is 0 Å². The van der Waals surface area contributed by atoms with E-state index in [9.17, 15) is 4.79 Å². The molecule has 1 fully saturated rings. The number of pyridine rings is 1. The largest absolute Gasteiger partial charge is 0.493 e. The Morgan fingerprint density at radius 2 is 2.24 bits per heavy atom. The lowest BCUT2D eigenvalue weighted by Gasteiger charge is -2.32. The number of amides is 1. The van der Waals surface area contributed by atoms with Gasteiger partial charge in [-0.3, -0.25) is 4.79 Å². The Morgan fingerprint density at radius 3 is 2.97 bits per heavy atom. The fourth-order valence-corrected chi connectivity index (χ4v) is 3.44. The Balaban J connectivity index is 1.35. The Bertz CT molecular complexity index is 813. The molecule has 1 N–H and O–H groups in total. The van der Waals surface area contributed by atoms with Crippen LogP contribution in [0.25, 0.3) is 0 Å². The Kier molecular flexibility index (Phi) is 7.72. The van der Waals surface area contributed by atoms with Crippen molar-refractivity contribution >= 4 is 23.3 Å². The van der Waals surface area contributed by atoms with Crippen LogP contribution in [-0.2, 0) is 16.1 Å². The van der Waals surface area contributed by atoms with Gasteiger partial charge in [-0.05, 0) is 55.7 Å². The maximum atomic E-state index is 12.1. The number of aromatic nitrogens is 1. The van der Waals surface area contributed by atoms with E-state index in [-0.39, 0.29) is 12.0 Å². The highest BCUT2D eigenvalue weighted by Gasteiger charge is 2.17. The fraction of sp³-hybridized carbons (Fsp3) is 0.455. The van der Waals surface area contributed by atoms with Crippen LogP contribution in [0.3, 0.4) is 0 Å². The maximum Gasteiger partial charge on any atom is 0.220 e. The molecule has 0 unspecified atom stereocenters. The van der Waals surface area contributed by atoms with E-state index < -0.39 is 0 Å².